The third kappa shape index (κ3) is 10.4. The molecule has 0 amide bonds. The minimum atomic E-state index is -2.49. The number of phenolic OH excluding ortho intramolecular Hbond substituents is 3. The van der Waals surface area contributed by atoms with Crippen LogP contribution in [-0.2, 0) is 47.6 Å². The molecule has 1 aromatic heterocycles. The van der Waals surface area contributed by atoms with Gasteiger partial charge in [-0.15, -0.1) is 0 Å². The Morgan fingerprint density at radius 2 is 1.20 bits per heavy atom. The minimum Gasteiger partial charge on any atom is -0.508 e. The van der Waals surface area contributed by atoms with Crippen molar-refractivity contribution in [3.63, 3.8) is 0 Å². The number of benzene rings is 3. The van der Waals surface area contributed by atoms with Crippen molar-refractivity contribution in [1.82, 2.24) is 0 Å². The lowest BCUT2D eigenvalue weighted by Gasteiger charge is -2.47. The van der Waals surface area contributed by atoms with Gasteiger partial charge in [0.25, 0.3) is 0 Å². The summed E-state index contributed by atoms with van der Waals surface area (Å²) in [6.45, 7) is 0. The van der Waals surface area contributed by atoms with E-state index < -0.39 is 133 Å². The molecule has 3 aliphatic heterocycles. The first kappa shape index (κ1) is 49.9. The van der Waals surface area contributed by atoms with Gasteiger partial charge in [0.05, 0.1) is 7.11 Å². The molecule has 0 bridgehead atoms. The van der Waals surface area contributed by atoms with Crippen LogP contribution in [-0.4, -0.2) is 184 Å². The topological polar surface area (TPSA) is 415 Å². The first-order valence-corrected chi connectivity index (χ1v) is 20.2. The molecular formula is C43H42O26. The number of aliphatic hydroxyl groups excluding tert-OH is 6. The third-order valence-electron chi connectivity index (χ3n) is 11.0. The van der Waals surface area contributed by atoms with Crippen molar-refractivity contribution in [2.75, 3.05) is 7.11 Å². The second-order valence-electron chi connectivity index (χ2n) is 15.6. The van der Waals surface area contributed by atoms with E-state index in [4.69, 9.17) is 42.3 Å². The predicted octanol–water partition coefficient (Wildman–Crippen LogP) is -2.05. The first-order valence-electron chi connectivity index (χ1n) is 20.2. The number of fused-ring (bicyclic) bond motifs is 1. The van der Waals surface area contributed by atoms with Gasteiger partial charge in [0.2, 0.25) is 6.29 Å². The Hall–Kier alpha value is -6.95. The molecule has 7 rings (SSSR count). The van der Waals surface area contributed by atoms with E-state index in [1.807, 2.05) is 0 Å². The lowest BCUT2D eigenvalue weighted by molar-refractivity contribution is -0.373. The molecule has 26 heteroatoms. The maximum atomic E-state index is 13.6. The third-order valence-corrected chi connectivity index (χ3v) is 11.0. The number of carboxylic acids is 3. The summed E-state index contributed by atoms with van der Waals surface area (Å²) in [6.07, 6.45) is -33.5. The molecule has 0 aliphatic carbocycles. The summed E-state index contributed by atoms with van der Waals surface area (Å²) in [7, 11) is 1.24. The summed E-state index contributed by atoms with van der Waals surface area (Å²) < 4.78 is 50.1. The average Bonchev–Trinajstić information content (AvgIpc) is 3.29. The number of esters is 1. The highest BCUT2D eigenvalue weighted by Crippen LogP contribution is 2.37. The van der Waals surface area contributed by atoms with E-state index in [0.29, 0.717) is 5.56 Å². The van der Waals surface area contributed by atoms with E-state index in [1.54, 1.807) is 0 Å². The molecule has 69 heavy (non-hydrogen) atoms. The van der Waals surface area contributed by atoms with Crippen LogP contribution in [0.2, 0.25) is 0 Å². The number of carboxylic acid groups (broad SMARTS) is 3. The van der Waals surface area contributed by atoms with Gasteiger partial charge in [0.1, 0.15) is 76.7 Å². The number of phenols is 3. The van der Waals surface area contributed by atoms with Crippen molar-refractivity contribution >= 4 is 40.9 Å². The van der Waals surface area contributed by atoms with Gasteiger partial charge in [-0.1, -0.05) is 6.07 Å². The number of carbonyl (C=O) groups is 4. The van der Waals surface area contributed by atoms with Gasteiger partial charge in [-0.3, -0.25) is 4.79 Å². The predicted molar refractivity (Wildman–Crippen MR) is 220 cm³/mol. The van der Waals surface area contributed by atoms with E-state index in [1.165, 1.54) is 49.6 Å². The number of rotatable bonds is 14. The molecule has 0 radical (unpaired) electrons. The monoisotopic (exact) mass is 974 g/mol. The Balaban J connectivity index is 1.28. The molecule has 4 heterocycles. The fourth-order valence-electron chi connectivity index (χ4n) is 7.52. The van der Waals surface area contributed by atoms with E-state index in [9.17, 15) is 85.3 Å². The van der Waals surface area contributed by atoms with Crippen molar-refractivity contribution in [3.05, 3.63) is 82.5 Å². The highest BCUT2D eigenvalue weighted by atomic mass is 16.8. The number of ether oxygens (including phenoxy) is 8. The maximum Gasteiger partial charge on any atom is 0.335 e. The highest BCUT2D eigenvalue weighted by Gasteiger charge is 2.58. The summed E-state index contributed by atoms with van der Waals surface area (Å²) in [4.78, 5) is 63.5. The van der Waals surface area contributed by atoms with Gasteiger partial charge < -0.3 is 104 Å². The van der Waals surface area contributed by atoms with Crippen LogP contribution in [0.4, 0.5) is 0 Å². The van der Waals surface area contributed by atoms with Crippen molar-refractivity contribution in [2.24, 2.45) is 0 Å². The van der Waals surface area contributed by atoms with E-state index >= 15 is 0 Å². The number of aromatic hydroxyl groups is 3. The summed E-state index contributed by atoms with van der Waals surface area (Å²) in [5.41, 5.74) is -0.565. The quantitative estimate of drug-likeness (QED) is 0.0478. The smallest absolute Gasteiger partial charge is 0.335 e. The lowest BCUT2D eigenvalue weighted by atomic mass is 9.95. The van der Waals surface area contributed by atoms with Crippen LogP contribution in [0.25, 0.3) is 28.4 Å². The molecule has 15 atom stereocenters. The van der Waals surface area contributed by atoms with Gasteiger partial charge in [0.15, 0.2) is 60.0 Å². The summed E-state index contributed by atoms with van der Waals surface area (Å²) in [5.74, 6) is -8.79. The lowest BCUT2D eigenvalue weighted by Crippen LogP contribution is -2.68. The number of methoxy groups -OCH3 is 1. The maximum absolute atomic E-state index is 13.6. The van der Waals surface area contributed by atoms with Crippen molar-refractivity contribution < 1.29 is 123 Å². The molecule has 4 aromatic rings. The zero-order chi connectivity index (χ0) is 50.2. The Morgan fingerprint density at radius 1 is 0.609 bits per heavy atom. The average molecular weight is 975 g/mol. The van der Waals surface area contributed by atoms with E-state index in [0.717, 1.165) is 30.4 Å². The fourth-order valence-corrected chi connectivity index (χ4v) is 7.52. The van der Waals surface area contributed by atoms with Crippen LogP contribution in [0.5, 0.6) is 28.7 Å². The largest absolute Gasteiger partial charge is 0.508 e. The number of hydrogen-bond acceptors (Lipinski definition) is 23. The fraction of sp³-hybridized carbons (Fsp3) is 0.372. The zero-order valence-electron chi connectivity index (χ0n) is 35.2. The zero-order valence-corrected chi connectivity index (χ0v) is 35.2. The Morgan fingerprint density at radius 3 is 1.84 bits per heavy atom. The SMILES string of the molecule is COc1cc(/C=C/C(=O)OC2C(OC3C(Oc4cc(O)c5c(=O)cc(-c6ccc(O)cc6)oc5c4)OC(C(=O)O)C(O)C3O)OC(C(=O)O)C(O)C2OC2OC(C(=O)O)C(O)C(O)C2O)ccc1O. The number of carbonyl (C=O) groups excluding carboxylic acids is 1. The standard InChI is InChI=1S/C43H42O26/c1-61-22-10-14(2-8-18(22)45)3-9-24(48)64-37-32(65-41-30(53)26(49)27(50)33(66-41)38(55)56)31(54)35(40(59)60)68-43(37)69-36-29(52)28(51)34(39(57)58)67-42(36)62-17-11-19(46)25-20(47)13-21(63-23(25)12-17)15-4-6-16(44)7-5-15/h2-13,26-37,41-46,49-54H,1H3,(H,55,56)(H,57,58)(H,59,60)/b9-3+. The second-order valence-corrected chi connectivity index (χ2v) is 15.6. The van der Waals surface area contributed by atoms with Crippen molar-refractivity contribution in [1.29, 1.82) is 0 Å². The minimum absolute atomic E-state index is 0.0198. The molecule has 3 fully saturated rings. The Bertz CT molecular complexity index is 2650. The molecule has 26 nitrogen and oxygen atoms in total. The van der Waals surface area contributed by atoms with Gasteiger partial charge in [-0.05, 0) is 48.0 Å². The molecule has 12 N–H and O–H groups in total. The number of aliphatic carboxylic acids is 3. The Labute approximate surface area is 385 Å². The molecule has 15 unspecified atom stereocenters. The van der Waals surface area contributed by atoms with Crippen LogP contribution in [0.3, 0.4) is 0 Å². The van der Waals surface area contributed by atoms with Crippen LogP contribution >= 0.6 is 0 Å². The molecule has 0 saturated carbocycles. The normalized spacial score (nSPS) is 31.5. The number of aliphatic hydroxyl groups is 6. The van der Waals surface area contributed by atoms with Gasteiger partial charge in [-0.25, -0.2) is 19.2 Å². The van der Waals surface area contributed by atoms with E-state index in [-0.39, 0.29) is 39.5 Å². The molecule has 3 aliphatic rings. The molecule has 0 spiro atoms. The summed E-state index contributed by atoms with van der Waals surface area (Å²) in [5, 5.41) is 125. The molecular weight excluding hydrogens is 932 g/mol. The number of hydrogen-bond donors (Lipinski definition) is 12. The summed E-state index contributed by atoms with van der Waals surface area (Å²) in [6, 6.07) is 12.2. The Kier molecular flexibility index (Phi) is 14.7. The molecule has 3 aromatic carbocycles. The van der Waals surface area contributed by atoms with Crippen LogP contribution in [0, 0.1) is 0 Å². The van der Waals surface area contributed by atoms with Crippen LogP contribution in [0.15, 0.2) is 76.0 Å². The molecule has 370 valence electrons. The van der Waals surface area contributed by atoms with Crippen molar-refractivity contribution in [2.45, 2.75) is 92.1 Å². The van der Waals surface area contributed by atoms with Gasteiger partial charge in [0, 0.05) is 29.8 Å². The van der Waals surface area contributed by atoms with Gasteiger partial charge >= 0.3 is 23.9 Å². The van der Waals surface area contributed by atoms with Crippen LogP contribution in [0.1, 0.15) is 5.56 Å². The van der Waals surface area contributed by atoms with Crippen molar-refractivity contribution in [3.8, 4) is 40.1 Å². The first-order chi connectivity index (χ1) is 32.7. The van der Waals surface area contributed by atoms with Crippen LogP contribution < -0.4 is 14.9 Å². The highest BCUT2D eigenvalue weighted by molar-refractivity contribution is 5.88. The van der Waals surface area contributed by atoms with Gasteiger partial charge in [-0.2, -0.15) is 0 Å². The second kappa shape index (κ2) is 20.3. The summed E-state index contributed by atoms with van der Waals surface area (Å²) >= 11 is 0. The molecule has 3 saturated heterocycles. The van der Waals surface area contributed by atoms with E-state index in [2.05, 4.69) is 0 Å².